The van der Waals surface area contributed by atoms with Gasteiger partial charge in [0.15, 0.2) is 0 Å². The van der Waals surface area contributed by atoms with Crippen molar-refractivity contribution < 1.29 is 37.2 Å². The van der Waals surface area contributed by atoms with E-state index >= 15 is 0 Å². The summed E-state index contributed by atoms with van der Waals surface area (Å²) in [7, 11) is 0. The van der Waals surface area contributed by atoms with Crippen molar-refractivity contribution in [2.45, 2.75) is 6.92 Å². The van der Waals surface area contributed by atoms with Crippen LogP contribution in [0, 0.1) is 13.1 Å². The van der Waals surface area contributed by atoms with E-state index in [1.807, 2.05) is 6.92 Å². The summed E-state index contributed by atoms with van der Waals surface area (Å²) in [5, 5.41) is 11.7. The van der Waals surface area contributed by atoms with Crippen LogP contribution >= 0.6 is 0 Å². The first-order valence-corrected chi connectivity index (χ1v) is 2.83. The molecule has 0 fully saturated rings. The van der Waals surface area contributed by atoms with E-state index < -0.39 is 0 Å². The minimum atomic E-state index is 0. The maximum Gasteiger partial charge on any atom is 0.0213 e. The van der Waals surface area contributed by atoms with Gasteiger partial charge in [0.05, 0.1) is 0 Å². The molecule has 2 heterocycles. The number of hydrogen-bond donors (Lipinski definition) is 0. The van der Waals surface area contributed by atoms with Crippen LogP contribution < -0.4 is 0 Å². The zero-order chi connectivity index (χ0) is 6.97. The Morgan fingerprint density at radius 1 is 1.55 bits per heavy atom. The molecule has 2 rings (SSSR count). The molecule has 0 aliphatic rings. The van der Waals surface area contributed by atoms with Gasteiger partial charge < -0.3 is 4.52 Å². The van der Waals surface area contributed by atoms with Crippen LogP contribution in [-0.4, -0.2) is 15.4 Å². The van der Waals surface area contributed by atoms with Crippen molar-refractivity contribution in [3.8, 4) is 0 Å². The van der Waals surface area contributed by atoms with Gasteiger partial charge in [-0.1, -0.05) is 11.6 Å². The molecule has 0 bridgehead atoms. The second-order valence-electron chi connectivity index (χ2n) is 1.97. The van der Waals surface area contributed by atoms with Gasteiger partial charge in [-0.25, -0.2) is 0 Å². The molecule has 0 N–H and O–H groups in total. The zero-order valence-corrected chi connectivity index (χ0v) is 8.74. The number of fused-ring (bicyclic) bond motifs is 1. The summed E-state index contributed by atoms with van der Waals surface area (Å²) in [5.74, 6) is 0. The Balaban J connectivity index is 0.000000605. The van der Waals surface area contributed by atoms with E-state index in [9.17, 15) is 0 Å². The number of nitrogens with zero attached hydrogens (tertiary/aromatic N) is 3. The molecular weight excluding hydrogens is 219 g/mol. The molecule has 0 unspecified atom stereocenters. The van der Waals surface area contributed by atoms with Crippen LogP contribution in [0.25, 0.3) is 11.0 Å². The number of rotatable bonds is 0. The smallest absolute Gasteiger partial charge is 0.0213 e. The molecular formula is C6H4N3OY-. The van der Waals surface area contributed by atoms with Crippen LogP contribution in [0.3, 0.4) is 0 Å². The molecule has 0 spiro atoms. The second-order valence-corrected chi connectivity index (χ2v) is 1.97. The van der Waals surface area contributed by atoms with Crippen LogP contribution in [0.5, 0.6) is 0 Å². The Labute approximate surface area is 88.2 Å². The maximum absolute atomic E-state index is 4.84. The minimum absolute atomic E-state index is 0. The molecule has 2 aromatic rings. The second kappa shape index (κ2) is 3.37. The fraction of sp³-hybridized carbons (Fsp3) is 0.167. The van der Waals surface area contributed by atoms with Gasteiger partial charge in [-0.05, 0) is 13.1 Å². The standard InChI is InChI=1S/C6H4N3O.Y/c1-4-5-2-7-8-3-6(5)10-9-4;/h2H,1H3;/q-1;. The molecule has 5 heteroatoms. The van der Waals surface area contributed by atoms with E-state index in [1.165, 1.54) is 0 Å². The molecule has 0 atom stereocenters. The fourth-order valence-corrected chi connectivity index (χ4v) is 0.770. The number of hydrogen-bond acceptors (Lipinski definition) is 4. The van der Waals surface area contributed by atoms with Crippen molar-refractivity contribution in [2.75, 3.05) is 0 Å². The van der Waals surface area contributed by atoms with E-state index in [4.69, 9.17) is 4.52 Å². The molecule has 1 radical (unpaired) electrons. The van der Waals surface area contributed by atoms with Crippen molar-refractivity contribution in [2.24, 2.45) is 0 Å². The van der Waals surface area contributed by atoms with Gasteiger partial charge in [0.25, 0.3) is 0 Å². The topological polar surface area (TPSA) is 51.8 Å². The molecule has 53 valence electrons. The summed E-state index contributed by atoms with van der Waals surface area (Å²) >= 11 is 0. The van der Waals surface area contributed by atoms with E-state index in [2.05, 4.69) is 21.6 Å². The molecule has 0 saturated carbocycles. The summed E-state index contributed by atoms with van der Waals surface area (Å²) in [5.41, 5.74) is 1.38. The van der Waals surface area contributed by atoms with Gasteiger partial charge in [0.2, 0.25) is 0 Å². The van der Waals surface area contributed by atoms with Gasteiger partial charge in [-0.15, -0.1) is 5.16 Å². The van der Waals surface area contributed by atoms with Crippen LogP contribution in [0.1, 0.15) is 5.69 Å². The van der Waals surface area contributed by atoms with Gasteiger partial charge in [-0.2, -0.15) is 5.10 Å². The third-order valence-electron chi connectivity index (χ3n) is 1.30. The monoisotopic (exact) mass is 223 g/mol. The molecule has 0 aliphatic heterocycles. The molecule has 0 aromatic carbocycles. The Bertz CT molecular complexity index is 359. The van der Waals surface area contributed by atoms with Crippen LogP contribution in [0.2, 0.25) is 0 Å². The quantitative estimate of drug-likeness (QED) is 0.617. The van der Waals surface area contributed by atoms with E-state index in [-0.39, 0.29) is 32.7 Å². The van der Waals surface area contributed by atoms with Crippen LogP contribution in [-0.2, 0) is 32.7 Å². The number of aryl methyl sites for hydroxylation is 1. The van der Waals surface area contributed by atoms with Crippen molar-refractivity contribution in [1.82, 2.24) is 15.4 Å². The molecule has 4 nitrogen and oxygen atoms in total. The fourth-order valence-electron chi connectivity index (χ4n) is 0.770. The minimum Gasteiger partial charge on any atom is -0.395 e. The van der Waals surface area contributed by atoms with Crippen molar-refractivity contribution in [3.05, 3.63) is 18.1 Å². The SMILES string of the molecule is Cc1noc2[c-]nncc12.[Y]. The first kappa shape index (κ1) is 8.75. The van der Waals surface area contributed by atoms with Crippen LogP contribution in [0.15, 0.2) is 10.7 Å². The van der Waals surface area contributed by atoms with Crippen molar-refractivity contribution in [1.29, 1.82) is 0 Å². The molecule has 0 saturated heterocycles. The van der Waals surface area contributed by atoms with Crippen LogP contribution in [0.4, 0.5) is 0 Å². The first-order valence-electron chi connectivity index (χ1n) is 2.83. The largest absolute Gasteiger partial charge is 0.395 e. The van der Waals surface area contributed by atoms with E-state index in [1.54, 1.807) is 6.20 Å². The normalized spacial score (nSPS) is 9.55. The Hall–Kier alpha value is -0.346. The molecule has 2 aromatic heterocycles. The zero-order valence-electron chi connectivity index (χ0n) is 5.90. The summed E-state index contributed by atoms with van der Waals surface area (Å²) in [4.78, 5) is 0. The summed E-state index contributed by atoms with van der Waals surface area (Å²) in [6, 6.07) is 0. The Morgan fingerprint density at radius 3 is 3.09 bits per heavy atom. The summed E-state index contributed by atoms with van der Waals surface area (Å²) in [6.07, 6.45) is 4.19. The molecule has 0 aliphatic carbocycles. The van der Waals surface area contributed by atoms with Crippen molar-refractivity contribution in [3.63, 3.8) is 0 Å². The van der Waals surface area contributed by atoms with Gasteiger partial charge in [-0.3, -0.25) is 5.10 Å². The third kappa shape index (κ3) is 1.46. The Morgan fingerprint density at radius 2 is 2.36 bits per heavy atom. The Kier molecular flexibility index (Phi) is 2.68. The van der Waals surface area contributed by atoms with Gasteiger partial charge >= 0.3 is 0 Å². The van der Waals surface area contributed by atoms with Gasteiger partial charge in [0, 0.05) is 44.0 Å². The molecule has 11 heavy (non-hydrogen) atoms. The first-order chi connectivity index (χ1) is 4.88. The summed E-state index contributed by atoms with van der Waals surface area (Å²) < 4.78 is 4.84. The number of aromatic nitrogens is 3. The molecule has 0 amide bonds. The summed E-state index contributed by atoms with van der Waals surface area (Å²) in [6.45, 7) is 1.85. The maximum atomic E-state index is 4.84. The average Bonchev–Trinajstić information content (AvgIpc) is 2.34. The predicted octanol–water partition coefficient (Wildman–Crippen LogP) is 0.724. The predicted molar refractivity (Wildman–Crippen MR) is 33.2 cm³/mol. The van der Waals surface area contributed by atoms with Crippen molar-refractivity contribution >= 4 is 11.0 Å². The third-order valence-corrected chi connectivity index (χ3v) is 1.30. The average molecular weight is 223 g/mol. The van der Waals surface area contributed by atoms with Gasteiger partial charge in [0.1, 0.15) is 0 Å². The van der Waals surface area contributed by atoms with E-state index in [0.29, 0.717) is 5.58 Å². The van der Waals surface area contributed by atoms with E-state index in [0.717, 1.165) is 11.1 Å².